The summed E-state index contributed by atoms with van der Waals surface area (Å²) in [5.74, 6) is -0.131. The summed E-state index contributed by atoms with van der Waals surface area (Å²) in [6.45, 7) is 6.78. The van der Waals surface area contributed by atoms with Crippen LogP contribution < -0.4 is 10.9 Å². The molecule has 124 valence electrons. The molecule has 0 amide bonds. The molecule has 0 aliphatic rings. The molecule has 0 spiro atoms. The lowest BCUT2D eigenvalue weighted by atomic mass is 10.1. The van der Waals surface area contributed by atoms with Gasteiger partial charge in [0.15, 0.2) is 0 Å². The van der Waals surface area contributed by atoms with Crippen molar-refractivity contribution in [3.8, 4) is 0 Å². The van der Waals surface area contributed by atoms with E-state index in [1.807, 2.05) is 0 Å². The van der Waals surface area contributed by atoms with Gasteiger partial charge in [0.25, 0.3) is 5.56 Å². The van der Waals surface area contributed by atoms with Crippen molar-refractivity contribution in [1.82, 2.24) is 4.98 Å². The maximum absolute atomic E-state index is 12.3. The number of nitrogens with one attached hydrogen (secondary N) is 2. The Balaban J connectivity index is 2.58. The van der Waals surface area contributed by atoms with Crippen LogP contribution in [0.1, 0.15) is 37.6 Å². The van der Waals surface area contributed by atoms with Gasteiger partial charge in [-0.25, -0.2) is 4.79 Å². The monoisotopic (exact) mass is 336 g/mol. The number of hydrogen-bond donors (Lipinski definition) is 2. The molecule has 1 heterocycles. The third kappa shape index (κ3) is 4.05. The topological polar surface area (TPSA) is 71.2 Å². The Bertz CT molecular complexity index is 768. The molecule has 23 heavy (non-hydrogen) atoms. The van der Waals surface area contributed by atoms with Crippen molar-refractivity contribution in [3.05, 3.63) is 39.1 Å². The number of aromatic amines is 1. The molecular formula is C17H21ClN2O3. The number of rotatable bonds is 6. The number of pyridine rings is 1. The number of aromatic nitrogens is 1. The van der Waals surface area contributed by atoms with Crippen LogP contribution in [0.25, 0.3) is 10.9 Å². The van der Waals surface area contributed by atoms with Crippen LogP contribution in [0.3, 0.4) is 0 Å². The first-order chi connectivity index (χ1) is 10.9. The van der Waals surface area contributed by atoms with E-state index in [1.54, 1.807) is 25.1 Å². The fourth-order valence-electron chi connectivity index (χ4n) is 2.33. The highest BCUT2D eigenvalue weighted by atomic mass is 35.5. The lowest BCUT2D eigenvalue weighted by Gasteiger charge is -2.15. The van der Waals surface area contributed by atoms with Crippen LogP contribution in [0.2, 0.25) is 5.02 Å². The van der Waals surface area contributed by atoms with Crippen LogP contribution in [0, 0.1) is 5.92 Å². The number of carbonyl (C=O) groups excluding carboxylic acids is 1. The number of ether oxygens (including phenoxy) is 1. The van der Waals surface area contributed by atoms with E-state index in [0.29, 0.717) is 34.1 Å². The standard InChI is InChI=1S/C17H21ClN2O3/c1-4-23-17(22)14-15(19-8-7-10(2)3)12-9-11(18)5-6-13(12)20-16(14)21/h5-6,9-10H,4,7-8H2,1-3H3,(H2,19,20,21). The molecule has 1 aromatic heterocycles. The second-order valence-corrected chi connectivity index (χ2v) is 6.16. The summed E-state index contributed by atoms with van der Waals surface area (Å²) in [6.07, 6.45) is 0.914. The fraction of sp³-hybridized carbons (Fsp3) is 0.412. The molecule has 5 nitrogen and oxygen atoms in total. The Morgan fingerprint density at radius 2 is 2.13 bits per heavy atom. The first-order valence-electron chi connectivity index (χ1n) is 7.70. The van der Waals surface area contributed by atoms with E-state index >= 15 is 0 Å². The maximum Gasteiger partial charge on any atom is 0.345 e. The summed E-state index contributed by atoms with van der Waals surface area (Å²) >= 11 is 6.07. The minimum Gasteiger partial charge on any atom is -0.462 e. The number of fused-ring (bicyclic) bond motifs is 1. The second-order valence-electron chi connectivity index (χ2n) is 5.72. The summed E-state index contributed by atoms with van der Waals surface area (Å²) < 4.78 is 5.02. The van der Waals surface area contributed by atoms with E-state index in [-0.39, 0.29) is 12.2 Å². The molecule has 2 rings (SSSR count). The van der Waals surface area contributed by atoms with Crippen molar-refractivity contribution >= 4 is 34.2 Å². The number of H-pyrrole nitrogens is 1. The van der Waals surface area contributed by atoms with Gasteiger partial charge in [-0.15, -0.1) is 0 Å². The highest BCUT2D eigenvalue weighted by Gasteiger charge is 2.20. The van der Waals surface area contributed by atoms with Crippen LogP contribution in [0.15, 0.2) is 23.0 Å². The van der Waals surface area contributed by atoms with Gasteiger partial charge in [-0.2, -0.15) is 0 Å². The van der Waals surface area contributed by atoms with Gasteiger partial charge in [0.2, 0.25) is 0 Å². The van der Waals surface area contributed by atoms with E-state index in [2.05, 4.69) is 24.1 Å². The van der Waals surface area contributed by atoms with E-state index in [1.165, 1.54) is 0 Å². The summed E-state index contributed by atoms with van der Waals surface area (Å²) in [4.78, 5) is 27.2. The minimum absolute atomic E-state index is 0.00891. The molecule has 0 saturated heterocycles. The molecule has 0 bridgehead atoms. The highest BCUT2D eigenvalue weighted by molar-refractivity contribution is 6.31. The number of esters is 1. The van der Waals surface area contributed by atoms with Gasteiger partial charge in [0, 0.05) is 17.0 Å². The predicted molar refractivity (Wildman–Crippen MR) is 93.5 cm³/mol. The average Bonchev–Trinajstić information content (AvgIpc) is 2.47. The van der Waals surface area contributed by atoms with Crippen LogP contribution >= 0.6 is 11.6 Å². The third-order valence-corrected chi connectivity index (χ3v) is 3.71. The molecular weight excluding hydrogens is 316 g/mol. The number of halogens is 1. The summed E-state index contributed by atoms with van der Waals surface area (Å²) in [6, 6.07) is 5.15. The Hall–Kier alpha value is -2.01. The quantitative estimate of drug-likeness (QED) is 0.787. The zero-order chi connectivity index (χ0) is 17.0. The Kier molecular flexibility index (Phi) is 5.66. The molecule has 6 heteroatoms. The largest absolute Gasteiger partial charge is 0.462 e. The molecule has 0 aliphatic carbocycles. The molecule has 1 aromatic carbocycles. The number of benzene rings is 1. The first kappa shape index (κ1) is 17.3. The summed E-state index contributed by atoms with van der Waals surface area (Å²) in [7, 11) is 0. The van der Waals surface area contributed by atoms with Crippen molar-refractivity contribution in [2.24, 2.45) is 5.92 Å². The number of carbonyl (C=O) groups is 1. The fourth-order valence-corrected chi connectivity index (χ4v) is 2.50. The smallest absolute Gasteiger partial charge is 0.345 e. The van der Waals surface area contributed by atoms with Crippen LogP contribution in [-0.4, -0.2) is 24.1 Å². The van der Waals surface area contributed by atoms with Crippen LogP contribution in [0.5, 0.6) is 0 Å². The average molecular weight is 337 g/mol. The predicted octanol–water partition coefficient (Wildman–Crippen LogP) is 3.82. The van der Waals surface area contributed by atoms with Crippen LogP contribution in [-0.2, 0) is 4.74 Å². The van der Waals surface area contributed by atoms with E-state index in [4.69, 9.17) is 16.3 Å². The van der Waals surface area contributed by atoms with E-state index < -0.39 is 11.5 Å². The Morgan fingerprint density at radius 3 is 2.78 bits per heavy atom. The van der Waals surface area contributed by atoms with Crippen molar-refractivity contribution < 1.29 is 9.53 Å². The van der Waals surface area contributed by atoms with Gasteiger partial charge in [0.1, 0.15) is 5.56 Å². The first-order valence-corrected chi connectivity index (χ1v) is 8.08. The van der Waals surface area contributed by atoms with Gasteiger partial charge < -0.3 is 15.0 Å². The SMILES string of the molecule is CCOC(=O)c1c(NCCC(C)C)c2cc(Cl)ccc2[nH]c1=O. The van der Waals surface area contributed by atoms with Gasteiger partial charge in [-0.1, -0.05) is 25.4 Å². The van der Waals surface area contributed by atoms with Crippen molar-refractivity contribution in [1.29, 1.82) is 0 Å². The van der Waals surface area contributed by atoms with E-state index in [9.17, 15) is 9.59 Å². The van der Waals surface area contributed by atoms with E-state index in [0.717, 1.165) is 6.42 Å². The van der Waals surface area contributed by atoms with Crippen molar-refractivity contribution in [2.45, 2.75) is 27.2 Å². The van der Waals surface area contributed by atoms with Gasteiger partial charge >= 0.3 is 5.97 Å². The second kappa shape index (κ2) is 7.51. The molecule has 2 N–H and O–H groups in total. The minimum atomic E-state index is -0.636. The lowest BCUT2D eigenvalue weighted by molar-refractivity contribution is 0.0525. The molecule has 0 aliphatic heterocycles. The zero-order valence-electron chi connectivity index (χ0n) is 13.5. The molecule has 2 aromatic rings. The Labute approximate surface area is 140 Å². The number of anilines is 1. The Morgan fingerprint density at radius 1 is 1.39 bits per heavy atom. The zero-order valence-corrected chi connectivity index (χ0v) is 14.3. The maximum atomic E-state index is 12.3. The number of hydrogen-bond acceptors (Lipinski definition) is 4. The van der Waals surface area contributed by atoms with Crippen molar-refractivity contribution in [2.75, 3.05) is 18.5 Å². The lowest BCUT2D eigenvalue weighted by Crippen LogP contribution is -2.23. The van der Waals surface area contributed by atoms with Crippen LogP contribution in [0.4, 0.5) is 5.69 Å². The van der Waals surface area contributed by atoms with Crippen molar-refractivity contribution in [3.63, 3.8) is 0 Å². The molecule has 0 fully saturated rings. The molecule has 0 saturated carbocycles. The molecule has 0 atom stereocenters. The van der Waals surface area contributed by atoms with Gasteiger partial charge in [-0.3, -0.25) is 4.79 Å². The highest BCUT2D eigenvalue weighted by Crippen LogP contribution is 2.27. The molecule has 0 radical (unpaired) electrons. The van der Waals surface area contributed by atoms with Gasteiger partial charge in [0.05, 0.1) is 17.8 Å². The molecule has 0 unspecified atom stereocenters. The third-order valence-electron chi connectivity index (χ3n) is 3.48. The summed E-state index contributed by atoms with van der Waals surface area (Å²) in [5, 5.41) is 4.45. The summed E-state index contributed by atoms with van der Waals surface area (Å²) in [5.41, 5.74) is 0.625. The normalized spacial score (nSPS) is 11.0. The van der Waals surface area contributed by atoms with Gasteiger partial charge in [-0.05, 0) is 37.5 Å².